The van der Waals surface area contributed by atoms with Crippen molar-refractivity contribution in [2.75, 3.05) is 31.1 Å². The summed E-state index contributed by atoms with van der Waals surface area (Å²) in [6, 6.07) is 14.3. The molecule has 0 aromatic heterocycles. The van der Waals surface area contributed by atoms with Crippen LogP contribution in [0.4, 0.5) is 18.9 Å². The highest BCUT2D eigenvalue weighted by molar-refractivity contribution is 5.97. The lowest BCUT2D eigenvalue weighted by Gasteiger charge is -2.37. The van der Waals surface area contributed by atoms with Crippen molar-refractivity contribution in [1.29, 1.82) is 0 Å². The summed E-state index contributed by atoms with van der Waals surface area (Å²) in [6.45, 7) is 3.60. The maximum Gasteiger partial charge on any atom is 0.419 e. The molecule has 1 saturated heterocycles. The second-order valence-corrected chi connectivity index (χ2v) is 7.45. The van der Waals surface area contributed by atoms with Crippen molar-refractivity contribution in [3.05, 3.63) is 60.2 Å². The van der Waals surface area contributed by atoms with Crippen LogP contribution in [0.15, 0.2) is 54.6 Å². The summed E-state index contributed by atoms with van der Waals surface area (Å²) in [4.78, 5) is 15.0. The molecule has 0 radical (unpaired) electrons. The number of hydrogen-bond donors (Lipinski definition) is 1. The average Bonchev–Trinajstić information content (AvgIpc) is 2.71. The zero-order valence-corrected chi connectivity index (χ0v) is 16.3. The molecule has 0 unspecified atom stereocenters. The van der Waals surface area contributed by atoms with E-state index in [2.05, 4.69) is 5.32 Å². The van der Waals surface area contributed by atoms with Crippen molar-refractivity contribution in [3.63, 3.8) is 0 Å². The van der Waals surface area contributed by atoms with Gasteiger partial charge in [0.05, 0.1) is 12.1 Å². The molecule has 1 heterocycles. The molecule has 29 heavy (non-hydrogen) atoms. The topological polar surface area (TPSA) is 41.6 Å². The lowest BCUT2D eigenvalue weighted by atomic mass is 9.79. The van der Waals surface area contributed by atoms with E-state index < -0.39 is 17.2 Å². The van der Waals surface area contributed by atoms with Crippen LogP contribution in [0.5, 0.6) is 5.75 Å². The van der Waals surface area contributed by atoms with Crippen molar-refractivity contribution < 1.29 is 22.7 Å². The van der Waals surface area contributed by atoms with Gasteiger partial charge in [0.2, 0.25) is 5.91 Å². The summed E-state index contributed by atoms with van der Waals surface area (Å²) in [7, 11) is 0. The van der Waals surface area contributed by atoms with Gasteiger partial charge in [0, 0.05) is 11.1 Å². The third-order valence-corrected chi connectivity index (χ3v) is 5.30. The van der Waals surface area contributed by atoms with E-state index in [4.69, 9.17) is 4.74 Å². The number of amides is 1. The number of anilines is 1. The first-order valence-corrected chi connectivity index (χ1v) is 9.68. The van der Waals surface area contributed by atoms with Crippen molar-refractivity contribution in [1.82, 2.24) is 5.32 Å². The lowest BCUT2D eigenvalue weighted by Crippen LogP contribution is -2.49. The second-order valence-electron chi connectivity index (χ2n) is 7.45. The number of para-hydroxylation sites is 2. The van der Waals surface area contributed by atoms with Crippen molar-refractivity contribution in [2.45, 2.75) is 25.9 Å². The van der Waals surface area contributed by atoms with Crippen molar-refractivity contribution in [2.24, 2.45) is 5.41 Å². The molecule has 0 saturated carbocycles. The Bertz CT molecular complexity index is 818. The second kappa shape index (κ2) is 8.86. The maximum atomic E-state index is 13.4. The Morgan fingerprint density at radius 3 is 2.34 bits per heavy atom. The van der Waals surface area contributed by atoms with Gasteiger partial charge in [-0.1, -0.05) is 37.3 Å². The largest absolute Gasteiger partial charge is 0.491 e. The summed E-state index contributed by atoms with van der Waals surface area (Å²) in [5.41, 5.74) is -0.613. The molecule has 2 aromatic rings. The molecule has 0 spiro atoms. The Balaban J connectivity index is 1.76. The first-order chi connectivity index (χ1) is 13.8. The summed E-state index contributed by atoms with van der Waals surface area (Å²) in [5.74, 6) is -0.258. The van der Waals surface area contributed by atoms with E-state index in [1.165, 1.54) is 18.2 Å². The van der Waals surface area contributed by atoms with E-state index in [-0.39, 0.29) is 24.8 Å². The van der Waals surface area contributed by atoms with Gasteiger partial charge in [0.25, 0.3) is 0 Å². The highest BCUT2D eigenvalue weighted by atomic mass is 19.4. The molecule has 4 nitrogen and oxygen atoms in total. The van der Waals surface area contributed by atoms with E-state index >= 15 is 0 Å². The molecule has 2 aromatic carbocycles. The Hall–Kier alpha value is -2.54. The summed E-state index contributed by atoms with van der Waals surface area (Å²) in [6.07, 6.45) is -3.06. The Morgan fingerprint density at radius 1 is 1.07 bits per heavy atom. The number of piperidine rings is 1. The Labute approximate surface area is 168 Å². The third kappa shape index (κ3) is 5.09. The third-order valence-electron chi connectivity index (χ3n) is 5.30. The van der Waals surface area contributed by atoms with Gasteiger partial charge >= 0.3 is 6.18 Å². The van der Waals surface area contributed by atoms with Crippen molar-refractivity contribution in [3.8, 4) is 5.75 Å². The Kier molecular flexibility index (Phi) is 6.47. The number of carbonyl (C=O) groups excluding carboxylic acids is 1. The van der Waals surface area contributed by atoms with E-state index in [9.17, 15) is 18.0 Å². The quantitative estimate of drug-likeness (QED) is 0.768. The fraction of sp³-hybridized carbons (Fsp3) is 0.409. The van der Waals surface area contributed by atoms with E-state index in [1.807, 2.05) is 37.3 Å². The van der Waals surface area contributed by atoms with Crippen LogP contribution in [-0.2, 0) is 11.0 Å². The van der Waals surface area contributed by atoms with Crippen LogP contribution in [0.3, 0.4) is 0 Å². The lowest BCUT2D eigenvalue weighted by molar-refractivity contribution is -0.139. The van der Waals surface area contributed by atoms with Gasteiger partial charge in [-0.05, 0) is 50.2 Å². The zero-order chi connectivity index (χ0) is 20.9. The number of carbonyl (C=O) groups is 1. The molecule has 1 fully saturated rings. The van der Waals surface area contributed by atoms with E-state index in [0.29, 0.717) is 18.5 Å². The molecule has 0 aliphatic carbocycles. The van der Waals surface area contributed by atoms with Gasteiger partial charge in [0.1, 0.15) is 12.4 Å². The minimum atomic E-state index is -4.49. The van der Waals surface area contributed by atoms with E-state index in [0.717, 1.165) is 19.2 Å². The number of alkyl halides is 3. The van der Waals surface area contributed by atoms with Gasteiger partial charge in [-0.2, -0.15) is 13.2 Å². The smallest absolute Gasteiger partial charge is 0.419 e. The van der Waals surface area contributed by atoms with Crippen LogP contribution >= 0.6 is 0 Å². The molecule has 0 bridgehead atoms. The molecular formula is C22H25F3N2O2. The van der Waals surface area contributed by atoms with E-state index in [1.54, 1.807) is 4.90 Å². The van der Waals surface area contributed by atoms with Crippen LogP contribution < -0.4 is 15.0 Å². The Morgan fingerprint density at radius 2 is 1.69 bits per heavy atom. The van der Waals surface area contributed by atoms with Gasteiger partial charge in [-0.15, -0.1) is 0 Å². The average molecular weight is 406 g/mol. The van der Waals surface area contributed by atoms with Crippen LogP contribution in [0, 0.1) is 5.41 Å². The van der Waals surface area contributed by atoms with Gasteiger partial charge in [-0.3, -0.25) is 4.79 Å². The molecular weight excluding hydrogens is 381 g/mol. The van der Waals surface area contributed by atoms with Crippen molar-refractivity contribution >= 4 is 11.6 Å². The highest BCUT2D eigenvalue weighted by Crippen LogP contribution is 2.36. The fourth-order valence-corrected chi connectivity index (χ4v) is 3.55. The minimum Gasteiger partial charge on any atom is -0.491 e. The monoisotopic (exact) mass is 406 g/mol. The molecule has 1 amide bonds. The maximum absolute atomic E-state index is 13.4. The molecule has 1 N–H and O–H groups in total. The molecule has 1 aliphatic heterocycles. The van der Waals surface area contributed by atoms with Crippen LogP contribution in [0.2, 0.25) is 0 Å². The van der Waals surface area contributed by atoms with Crippen LogP contribution in [-0.4, -0.2) is 32.1 Å². The first kappa shape index (κ1) is 21.2. The number of benzene rings is 2. The molecule has 1 aliphatic rings. The first-order valence-electron chi connectivity index (χ1n) is 9.68. The zero-order valence-electron chi connectivity index (χ0n) is 16.3. The number of rotatable bonds is 6. The predicted molar refractivity (Wildman–Crippen MR) is 106 cm³/mol. The SMILES string of the molecule is CC1(C(=O)N(CCOc2ccccc2C(F)(F)F)c2ccccc2)CCNCC1. The van der Waals surface area contributed by atoms with Gasteiger partial charge in [0.15, 0.2) is 0 Å². The predicted octanol–water partition coefficient (Wildman–Crippen LogP) is 4.51. The number of nitrogens with zero attached hydrogens (tertiary/aromatic N) is 1. The van der Waals surface area contributed by atoms with Crippen LogP contribution in [0.25, 0.3) is 0 Å². The highest BCUT2D eigenvalue weighted by Gasteiger charge is 2.38. The standard InChI is InChI=1S/C22H25F3N2O2/c1-21(11-13-26-14-12-21)20(28)27(17-7-3-2-4-8-17)15-16-29-19-10-6-5-9-18(19)22(23,24)25/h2-10,26H,11-16H2,1H3. The number of hydrogen-bond acceptors (Lipinski definition) is 3. The summed E-state index contributed by atoms with van der Waals surface area (Å²) in [5, 5.41) is 3.26. The number of ether oxygens (including phenoxy) is 1. The number of nitrogens with one attached hydrogen (secondary N) is 1. The summed E-state index contributed by atoms with van der Waals surface area (Å²) >= 11 is 0. The molecule has 7 heteroatoms. The summed E-state index contributed by atoms with van der Waals surface area (Å²) < 4.78 is 45.0. The number of halogens is 3. The minimum absolute atomic E-state index is 0.0297. The molecule has 3 rings (SSSR count). The van der Waals surface area contributed by atoms with Crippen LogP contribution in [0.1, 0.15) is 25.3 Å². The fourth-order valence-electron chi connectivity index (χ4n) is 3.55. The molecule has 0 atom stereocenters. The van der Waals surface area contributed by atoms with Gasteiger partial charge < -0.3 is 15.0 Å². The molecule has 156 valence electrons. The normalized spacial score (nSPS) is 16.3. The van der Waals surface area contributed by atoms with Gasteiger partial charge in [-0.25, -0.2) is 0 Å².